The molecule has 0 spiro atoms. The van der Waals surface area contributed by atoms with Crippen molar-refractivity contribution in [2.45, 2.75) is 41.3 Å². The Bertz CT molecular complexity index is 72.5. The maximum absolute atomic E-state index is 2.60. The van der Waals surface area contributed by atoms with Crippen LogP contribution in [0.4, 0.5) is 0 Å². The molecule has 1 aliphatic heterocycles. The molecular formula is C7H16Ge. The second-order valence-corrected chi connectivity index (χ2v) is 14.6. The van der Waals surface area contributed by atoms with Crippen LogP contribution in [0.1, 0.15) is 19.8 Å². The van der Waals surface area contributed by atoms with Crippen molar-refractivity contribution >= 4 is 13.3 Å². The fourth-order valence-corrected chi connectivity index (χ4v) is 8.22. The normalized spacial score (nSPS) is 26.2. The van der Waals surface area contributed by atoms with Gasteiger partial charge in [0.05, 0.1) is 0 Å². The van der Waals surface area contributed by atoms with E-state index in [-0.39, 0.29) is 0 Å². The minimum atomic E-state index is -1.01. The van der Waals surface area contributed by atoms with E-state index in [2.05, 4.69) is 12.7 Å². The summed E-state index contributed by atoms with van der Waals surface area (Å²) in [6.07, 6.45) is 3.12. The molecule has 0 aromatic heterocycles. The number of hydrogen-bond donors (Lipinski definition) is 0. The van der Waals surface area contributed by atoms with Crippen molar-refractivity contribution in [1.82, 2.24) is 0 Å². The summed E-state index contributed by atoms with van der Waals surface area (Å²) in [4.78, 5) is 0. The van der Waals surface area contributed by atoms with Gasteiger partial charge in [-0.25, -0.2) is 0 Å². The van der Waals surface area contributed by atoms with Crippen molar-refractivity contribution < 1.29 is 0 Å². The Kier molecular flexibility index (Phi) is 2.02. The van der Waals surface area contributed by atoms with Gasteiger partial charge in [-0.2, -0.15) is 0 Å². The molecule has 1 rings (SSSR count). The van der Waals surface area contributed by atoms with Crippen molar-refractivity contribution in [2.75, 3.05) is 0 Å². The number of rotatable bonds is 1. The van der Waals surface area contributed by atoms with E-state index < -0.39 is 13.3 Å². The van der Waals surface area contributed by atoms with Crippen molar-refractivity contribution in [2.24, 2.45) is 0 Å². The molecule has 0 nitrogen and oxygen atoms in total. The second-order valence-electron chi connectivity index (χ2n) is 3.37. The van der Waals surface area contributed by atoms with Crippen LogP contribution in [0.5, 0.6) is 0 Å². The van der Waals surface area contributed by atoms with Crippen molar-refractivity contribution in [3.05, 3.63) is 0 Å². The van der Waals surface area contributed by atoms with Gasteiger partial charge in [0, 0.05) is 0 Å². The minimum absolute atomic E-state index is 1.01. The predicted molar refractivity (Wildman–Crippen MR) is 40.9 cm³/mol. The summed E-state index contributed by atoms with van der Waals surface area (Å²) in [6.45, 7) is 2.39. The summed E-state index contributed by atoms with van der Waals surface area (Å²) < 4.78 is 0. The average molecular weight is 173 g/mol. The van der Waals surface area contributed by atoms with Gasteiger partial charge in [0.15, 0.2) is 0 Å². The Morgan fingerprint density at radius 3 is 2.00 bits per heavy atom. The van der Waals surface area contributed by atoms with E-state index in [1.54, 1.807) is 28.6 Å². The molecule has 0 amide bonds. The van der Waals surface area contributed by atoms with Gasteiger partial charge in [-0.3, -0.25) is 0 Å². The first-order valence-electron chi connectivity index (χ1n) is 3.77. The molecule has 8 heavy (non-hydrogen) atoms. The average Bonchev–Trinajstić information content (AvgIpc) is 2.17. The molecular weight excluding hydrogens is 157 g/mol. The summed E-state index contributed by atoms with van der Waals surface area (Å²) in [6, 6.07) is 0. The van der Waals surface area contributed by atoms with Crippen LogP contribution in [0, 0.1) is 0 Å². The first-order valence-corrected chi connectivity index (χ1v) is 10.3. The molecule has 0 aromatic rings. The molecule has 0 atom stereocenters. The first kappa shape index (κ1) is 6.66. The van der Waals surface area contributed by atoms with Gasteiger partial charge < -0.3 is 0 Å². The molecule has 1 fully saturated rings. The molecule has 48 valence electrons. The summed E-state index contributed by atoms with van der Waals surface area (Å²) in [5, 5.41) is 4.90. The van der Waals surface area contributed by atoms with Crippen LogP contribution in [0.25, 0.3) is 0 Å². The van der Waals surface area contributed by atoms with Crippen LogP contribution >= 0.6 is 0 Å². The number of hydrogen-bond acceptors (Lipinski definition) is 0. The molecule has 0 aliphatic carbocycles. The zero-order valence-electron chi connectivity index (χ0n) is 6.04. The van der Waals surface area contributed by atoms with E-state index in [0.717, 1.165) is 0 Å². The third kappa shape index (κ3) is 1.28. The molecule has 1 heterocycles. The Balaban J connectivity index is 2.40. The van der Waals surface area contributed by atoms with Crippen LogP contribution < -0.4 is 0 Å². The Hall–Kier alpha value is 0.543. The van der Waals surface area contributed by atoms with Gasteiger partial charge in [0.25, 0.3) is 0 Å². The van der Waals surface area contributed by atoms with Crippen LogP contribution in [-0.2, 0) is 0 Å². The zero-order chi connectivity index (χ0) is 6.04. The van der Waals surface area contributed by atoms with Crippen LogP contribution in [-0.4, -0.2) is 13.3 Å². The molecule has 0 saturated carbocycles. The third-order valence-corrected chi connectivity index (χ3v) is 12.8. The Morgan fingerprint density at radius 1 is 1.25 bits per heavy atom. The maximum atomic E-state index is 2.60. The summed E-state index contributed by atoms with van der Waals surface area (Å²) in [5.41, 5.74) is 0. The topological polar surface area (TPSA) is 0 Å². The molecule has 0 radical (unpaired) electrons. The SMILES string of the molecule is C[CH2][Ge]1([CH3])[CH2]CC[CH2]1. The molecule has 0 unspecified atom stereocenters. The van der Waals surface area contributed by atoms with Gasteiger partial charge in [-0.15, -0.1) is 0 Å². The fraction of sp³-hybridized carbons (Fsp3) is 1.00. The zero-order valence-corrected chi connectivity index (χ0v) is 8.13. The first-order chi connectivity index (χ1) is 3.77. The van der Waals surface area contributed by atoms with Crippen LogP contribution in [0.15, 0.2) is 0 Å². The van der Waals surface area contributed by atoms with Crippen molar-refractivity contribution in [1.29, 1.82) is 0 Å². The van der Waals surface area contributed by atoms with Crippen LogP contribution in [0.2, 0.25) is 21.5 Å². The molecule has 0 bridgehead atoms. The molecule has 1 saturated heterocycles. The molecule has 1 heteroatoms. The van der Waals surface area contributed by atoms with Gasteiger partial charge in [-0.1, -0.05) is 0 Å². The van der Waals surface area contributed by atoms with Crippen LogP contribution in [0.3, 0.4) is 0 Å². The fourth-order valence-electron chi connectivity index (χ4n) is 1.58. The van der Waals surface area contributed by atoms with E-state index >= 15 is 0 Å². The van der Waals surface area contributed by atoms with Gasteiger partial charge in [0.1, 0.15) is 0 Å². The quantitative estimate of drug-likeness (QED) is 0.534. The van der Waals surface area contributed by atoms with Crippen molar-refractivity contribution in [3.8, 4) is 0 Å². The monoisotopic (exact) mass is 174 g/mol. The van der Waals surface area contributed by atoms with Gasteiger partial charge in [0.2, 0.25) is 0 Å². The molecule has 0 aromatic carbocycles. The molecule has 0 N–H and O–H groups in total. The summed E-state index contributed by atoms with van der Waals surface area (Å²) in [5.74, 6) is 2.60. The Labute approximate surface area is 55.0 Å². The molecule has 1 aliphatic rings. The van der Waals surface area contributed by atoms with Crippen molar-refractivity contribution in [3.63, 3.8) is 0 Å². The predicted octanol–water partition coefficient (Wildman–Crippen LogP) is 2.88. The van der Waals surface area contributed by atoms with E-state index in [9.17, 15) is 0 Å². The summed E-state index contributed by atoms with van der Waals surface area (Å²) in [7, 11) is 0. The van der Waals surface area contributed by atoms with Gasteiger partial charge >= 0.3 is 54.5 Å². The standard InChI is InChI=1S/C7H16Ge/c1-3-8(2)6-4-5-7-8/h3-7H2,1-2H3. The van der Waals surface area contributed by atoms with Gasteiger partial charge in [-0.05, 0) is 0 Å². The van der Waals surface area contributed by atoms with E-state index in [4.69, 9.17) is 0 Å². The van der Waals surface area contributed by atoms with E-state index in [1.165, 1.54) is 0 Å². The second kappa shape index (κ2) is 2.42. The summed E-state index contributed by atoms with van der Waals surface area (Å²) >= 11 is -1.01. The third-order valence-electron chi connectivity index (χ3n) is 2.66. The Morgan fingerprint density at radius 2 is 1.75 bits per heavy atom. The van der Waals surface area contributed by atoms with E-state index in [0.29, 0.717) is 0 Å². The van der Waals surface area contributed by atoms with E-state index in [1.807, 2.05) is 0 Å².